The quantitative estimate of drug-likeness (QED) is 0.767. The minimum absolute atomic E-state index is 0.308. The van der Waals surface area contributed by atoms with Gasteiger partial charge in [-0.15, -0.1) is 0 Å². The second-order valence-corrected chi connectivity index (χ2v) is 7.28. The zero-order valence-corrected chi connectivity index (χ0v) is 15.4. The smallest absolute Gasteiger partial charge is 0.286 e. The number of aromatic nitrogens is 1. The molecular formula is C18H19BrFN3O2. The van der Waals surface area contributed by atoms with E-state index >= 15 is 0 Å². The molecule has 1 aliphatic carbocycles. The highest BCUT2D eigenvalue weighted by Gasteiger charge is 2.43. The lowest BCUT2D eigenvalue weighted by molar-refractivity contribution is -0.127. The number of carbonyl (C=O) groups is 2. The third kappa shape index (κ3) is 3.46. The molecule has 1 saturated carbocycles. The Balaban J connectivity index is 1.76. The molecule has 0 saturated heterocycles. The first kappa shape index (κ1) is 17.7. The highest BCUT2D eigenvalue weighted by molar-refractivity contribution is 9.10. The van der Waals surface area contributed by atoms with Crippen molar-refractivity contribution in [2.75, 3.05) is 0 Å². The Kier molecular flexibility index (Phi) is 4.94. The van der Waals surface area contributed by atoms with Gasteiger partial charge in [-0.2, -0.15) is 0 Å². The number of hydrazine groups is 1. The summed E-state index contributed by atoms with van der Waals surface area (Å²) >= 11 is 3.31. The van der Waals surface area contributed by atoms with Crippen LogP contribution in [0.1, 0.15) is 41.7 Å². The zero-order chi connectivity index (χ0) is 18.0. The Morgan fingerprint density at radius 3 is 2.52 bits per heavy atom. The van der Waals surface area contributed by atoms with Crippen molar-refractivity contribution in [3.8, 4) is 0 Å². The van der Waals surface area contributed by atoms with Crippen molar-refractivity contribution in [3.63, 3.8) is 0 Å². The van der Waals surface area contributed by atoms with Crippen molar-refractivity contribution in [3.05, 3.63) is 58.1 Å². The number of benzene rings is 1. The number of carbonyl (C=O) groups excluding carboxylic acids is 2. The van der Waals surface area contributed by atoms with E-state index in [9.17, 15) is 14.0 Å². The third-order valence-corrected chi connectivity index (χ3v) is 5.20. The summed E-state index contributed by atoms with van der Waals surface area (Å²) in [7, 11) is 1.74. The first-order valence-electron chi connectivity index (χ1n) is 8.11. The fourth-order valence-corrected chi connectivity index (χ4v) is 3.98. The lowest BCUT2D eigenvalue weighted by Crippen LogP contribution is -2.50. The molecule has 0 spiro atoms. The van der Waals surface area contributed by atoms with Gasteiger partial charge in [0, 0.05) is 17.7 Å². The van der Waals surface area contributed by atoms with E-state index in [-0.39, 0.29) is 11.7 Å². The first-order chi connectivity index (χ1) is 11.9. The second kappa shape index (κ2) is 7.00. The van der Waals surface area contributed by atoms with Gasteiger partial charge in [-0.05, 0) is 52.5 Å². The fourth-order valence-electron chi connectivity index (χ4n) is 3.46. The van der Waals surface area contributed by atoms with Gasteiger partial charge in [0.2, 0.25) is 5.91 Å². The predicted octanol–water partition coefficient (Wildman–Crippen LogP) is 3.20. The molecule has 132 valence electrons. The van der Waals surface area contributed by atoms with Gasteiger partial charge in [-0.1, -0.05) is 25.0 Å². The summed E-state index contributed by atoms with van der Waals surface area (Å²) < 4.78 is 16.1. The predicted molar refractivity (Wildman–Crippen MR) is 95.3 cm³/mol. The van der Waals surface area contributed by atoms with Crippen LogP contribution < -0.4 is 10.9 Å². The number of hydrogen-bond acceptors (Lipinski definition) is 2. The number of amides is 2. The minimum atomic E-state index is -0.801. The fraction of sp³-hybridized carbons (Fsp3) is 0.333. The Bertz CT molecular complexity index is 812. The van der Waals surface area contributed by atoms with Crippen LogP contribution in [0.15, 0.2) is 41.0 Å². The Morgan fingerprint density at radius 2 is 1.92 bits per heavy atom. The molecule has 1 fully saturated rings. The highest BCUT2D eigenvalue weighted by Crippen LogP contribution is 2.41. The molecule has 2 aromatic rings. The van der Waals surface area contributed by atoms with E-state index in [1.165, 1.54) is 12.1 Å². The molecule has 7 heteroatoms. The number of rotatable bonds is 3. The van der Waals surface area contributed by atoms with Crippen LogP contribution in [-0.2, 0) is 17.3 Å². The standard InChI is InChI=1S/C18H19BrFN3O2/c1-23-11-13(19)10-15(23)16(24)21-22-17(25)18(7-2-3-8-18)12-5-4-6-14(20)9-12/h4-6,9-11H,2-3,7-8H2,1H3,(H,21,24)(H,22,25). The van der Waals surface area contributed by atoms with Crippen molar-refractivity contribution >= 4 is 27.7 Å². The molecule has 3 rings (SSSR count). The number of hydrogen-bond donors (Lipinski definition) is 2. The molecule has 25 heavy (non-hydrogen) atoms. The van der Waals surface area contributed by atoms with E-state index < -0.39 is 11.3 Å². The largest absolute Gasteiger partial charge is 0.345 e. The van der Waals surface area contributed by atoms with E-state index in [0.717, 1.165) is 17.3 Å². The maximum atomic E-state index is 13.6. The number of aryl methyl sites for hydroxylation is 1. The normalized spacial score (nSPS) is 15.8. The molecule has 0 unspecified atom stereocenters. The summed E-state index contributed by atoms with van der Waals surface area (Å²) in [6.07, 6.45) is 4.80. The number of nitrogens with one attached hydrogen (secondary N) is 2. The maximum absolute atomic E-state index is 13.6. The van der Waals surface area contributed by atoms with Gasteiger partial charge in [0.1, 0.15) is 11.5 Å². The van der Waals surface area contributed by atoms with E-state index in [1.807, 2.05) is 0 Å². The van der Waals surface area contributed by atoms with Crippen LogP contribution in [0.5, 0.6) is 0 Å². The average Bonchev–Trinajstić information content (AvgIpc) is 3.19. The van der Waals surface area contributed by atoms with Crippen molar-refractivity contribution in [1.29, 1.82) is 0 Å². The van der Waals surface area contributed by atoms with Gasteiger partial charge in [0.15, 0.2) is 0 Å². The Morgan fingerprint density at radius 1 is 1.20 bits per heavy atom. The van der Waals surface area contributed by atoms with E-state index in [0.29, 0.717) is 24.1 Å². The number of nitrogens with zero attached hydrogens (tertiary/aromatic N) is 1. The minimum Gasteiger partial charge on any atom is -0.345 e. The SMILES string of the molecule is Cn1cc(Br)cc1C(=O)NNC(=O)C1(c2cccc(F)c2)CCCC1. The van der Waals surface area contributed by atoms with E-state index in [4.69, 9.17) is 0 Å². The summed E-state index contributed by atoms with van der Waals surface area (Å²) in [5.41, 5.74) is 5.26. The van der Waals surface area contributed by atoms with Gasteiger partial charge in [-0.25, -0.2) is 4.39 Å². The third-order valence-electron chi connectivity index (χ3n) is 4.76. The van der Waals surface area contributed by atoms with E-state index in [2.05, 4.69) is 26.8 Å². The van der Waals surface area contributed by atoms with Crippen LogP contribution in [0, 0.1) is 5.82 Å². The van der Waals surface area contributed by atoms with Crippen molar-refractivity contribution in [1.82, 2.24) is 15.4 Å². The van der Waals surface area contributed by atoms with Crippen LogP contribution in [0.2, 0.25) is 0 Å². The zero-order valence-electron chi connectivity index (χ0n) is 13.8. The van der Waals surface area contributed by atoms with Crippen molar-refractivity contribution in [2.24, 2.45) is 7.05 Å². The van der Waals surface area contributed by atoms with Crippen LogP contribution in [-0.4, -0.2) is 16.4 Å². The molecule has 0 aliphatic heterocycles. The molecule has 1 aromatic carbocycles. The maximum Gasteiger partial charge on any atom is 0.286 e. The summed E-state index contributed by atoms with van der Waals surface area (Å²) in [6, 6.07) is 7.81. The molecule has 0 atom stereocenters. The lowest BCUT2D eigenvalue weighted by Gasteiger charge is -2.28. The van der Waals surface area contributed by atoms with Gasteiger partial charge < -0.3 is 4.57 Å². The molecule has 2 amide bonds. The van der Waals surface area contributed by atoms with Crippen LogP contribution in [0.4, 0.5) is 4.39 Å². The average molecular weight is 408 g/mol. The Hall–Kier alpha value is -2.15. The van der Waals surface area contributed by atoms with Gasteiger partial charge in [-0.3, -0.25) is 20.4 Å². The summed E-state index contributed by atoms with van der Waals surface area (Å²) in [5.74, 6) is -1.08. The monoisotopic (exact) mass is 407 g/mol. The van der Waals surface area contributed by atoms with Crippen molar-refractivity contribution in [2.45, 2.75) is 31.1 Å². The molecule has 0 bridgehead atoms. The van der Waals surface area contributed by atoms with E-state index in [1.54, 1.807) is 36.0 Å². The van der Waals surface area contributed by atoms with Crippen molar-refractivity contribution < 1.29 is 14.0 Å². The molecule has 1 aromatic heterocycles. The number of halogens is 2. The molecule has 0 radical (unpaired) electrons. The van der Waals surface area contributed by atoms with Gasteiger partial charge >= 0.3 is 0 Å². The summed E-state index contributed by atoms with van der Waals surface area (Å²) in [4.78, 5) is 25.1. The summed E-state index contributed by atoms with van der Waals surface area (Å²) in [6.45, 7) is 0. The molecule has 1 heterocycles. The molecule has 5 nitrogen and oxygen atoms in total. The topological polar surface area (TPSA) is 63.1 Å². The highest BCUT2D eigenvalue weighted by atomic mass is 79.9. The molecular weight excluding hydrogens is 389 g/mol. The van der Waals surface area contributed by atoms with Gasteiger partial charge in [0.05, 0.1) is 5.41 Å². The molecule has 1 aliphatic rings. The van der Waals surface area contributed by atoms with Crippen LogP contribution >= 0.6 is 15.9 Å². The van der Waals surface area contributed by atoms with Gasteiger partial charge in [0.25, 0.3) is 5.91 Å². The second-order valence-electron chi connectivity index (χ2n) is 6.36. The first-order valence-corrected chi connectivity index (χ1v) is 8.90. The lowest BCUT2D eigenvalue weighted by atomic mass is 9.78. The van der Waals surface area contributed by atoms with Crippen LogP contribution in [0.3, 0.4) is 0 Å². The summed E-state index contributed by atoms with van der Waals surface area (Å²) in [5, 5.41) is 0. The molecule has 2 N–H and O–H groups in total. The van der Waals surface area contributed by atoms with Crippen LogP contribution in [0.25, 0.3) is 0 Å². The Labute approximate surface area is 153 Å².